The number of carbonyl (C=O) groups excluding carboxylic acids is 1. The van der Waals surface area contributed by atoms with Crippen LogP contribution in [-0.4, -0.2) is 41.6 Å². The second kappa shape index (κ2) is 9.76. The molecule has 1 saturated heterocycles. The van der Waals surface area contributed by atoms with Gasteiger partial charge >= 0.3 is 0 Å². The third-order valence-electron chi connectivity index (χ3n) is 5.00. The first kappa shape index (κ1) is 22.7. The summed E-state index contributed by atoms with van der Waals surface area (Å²) in [5.74, 6) is 0.175. The van der Waals surface area contributed by atoms with Crippen LogP contribution >= 0.6 is 0 Å². The predicted molar refractivity (Wildman–Crippen MR) is 117 cm³/mol. The van der Waals surface area contributed by atoms with Crippen molar-refractivity contribution in [2.24, 2.45) is 7.05 Å². The van der Waals surface area contributed by atoms with Crippen LogP contribution < -0.4 is 16.6 Å². The number of piperazine rings is 1. The number of benzene rings is 1. The molecule has 3 N–H and O–H groups in total. The van der Waals surface area contributed by atoms with Gasteiger partial charge in [0.2, 0.25) is 0 Å². The molecule has 0 aliphatic carbocycles. The standard InChI is InChI=1S/C20H18N4O3.C2H6.H3N/c1-22-16-6-3-2-5-14(16)18(15(13-21)19(22)25)23-8-10-24(11-9-23)20(26)17-7-4-12-27-17;1-2;/h2-7,12H,8-11H2,1H3;1-2H3;1H3. The number of carbonyl (C=O) groups is 1. The highest BCUT2D eigenvalue weighted by molar-refractivity contribution is 5.95. The summed E-state index contributed by atoms with van der Waals surface area (Å²) in [5, 5.41) is 10.5. The third kappa shape index (κ3) is 3.93. The van der Waals surface area contributed by atoms with Gasteiger partial charge in [-0.1, -0.05) is 32.0 Å². The van der Waals surface area contributed by atoms with Gasteiger partial charge in [-0.3, -0.25) is 9.59 Å². The van der Waals surface area contributed by atoms with Crippen molar-refractivity contribution in [3.05, 3.63) is 64.3 Å². The first-order valence-electron chi connectivity index (χ1n) is 9.71. The molecular formula is C22H27N5O3. The van der Waals surface area contributed by atoms with E-state index >= 15 is 0 Å². The lowest BCUT2D eigenvalue weighted by atomic mass is 10.1. The highest BCUT2D eigenvalue weighted by Gasteiger charge is 2.27. The van der Waals surface area contributed by atoms with E-state index in [0.29, 0.717) is 37.6 Å². The minimum absolute atomic E-state index is 0. The molecule has 0 bridgehead atoms. The molecule has 3 heterocycles. The summed E-state index contributed by atoms with van der Waals surface area (Å²) in [7, 11) is 1.68. The number of fused-ring (bicyclic) bond motifs is 1. The van der Waals surface area contributed by atoms with Gasteiger partial charge in [0.1, 0.15) is 11.6 Å². The molecule has 8 heteroatoms. The van der Waals surface area contributed by atoms with E-state index in [-0.39, 0.29) is 23.2 Å². The lowest BCUT2D eigenvalue weighted by molar-refractivity contribution is 0.0715. The summed E-state index contributed by atoms with van der Waals surface area (Å²) in [4.78, 5) is 28.8. The van der Waals surface area contributed by atoms with Gasteiger partial charge in [-0.05, 0) is 18.2 Å². The monoisotopic (exact) mass is 409 g/mol. The minimum Gasteiger partial charge on any atom is -0.459 e. The topological polar surface area (TPSA) is 117 Å². The average Bonchev–Trinajstić information content (AvgIpc) is 3.32. The smallest absolute Gasteiger partial charge is 0.289 e. The van der Waals surface area contributed by atoms with Gasteiger partial charge < -0.3 is 24.9 Å². The zero-order chi connectivity index (χ0) is 21.0. The van der Waals surface area contributed by atoms with Crippen molar-refractivity contribution < 1.29 is 9.21 Å². The molecule has 2 aromatic heterocycles. The van der Waals surface area contributed by atoms with Crippen LogP contribution in [0.3, 0.4) is 0 Å². The summed E-state index contributed by atoms with van der Waals surface area (Å²) in [6.07, 6.45) is 1.48. The lowest BCUT2D eigenvalue weighted by Crippen LogP contribution is -2.49. The Morgan fingerprint density at radius 3 is 2.33 bits per heavy atom. The van der Waals surface area contributed by atoms with Crippen molar-refractivity contribution in [3.63, 3.8) is 0 Å². The van der Waals surface area contributed by atoms with Crippen LogP contribution in [0.1, 0.15) is 30.0 Å². The van der Waals surface area contributed by atoms with Crippen LogP contribution in [0, 0.1) is 11.3 Å². The largest absolute Gasteiger partial charge is 0.459 e. The molecule has 0 spiro atoms. The summed E-state index contributed by atoms with van der Waals surface area (Å²) < 4.78 is 6.70. The molecule has 1 aliphatic rings. The number of pyridine rings is 1. The molecule has 1 fully saturated rings. The van der Waals surface area contributed by atoms with E-state index in [2.05, 4.69) is 6.07 Å². The van der Waals surface area contributed by atoms with Gasteiger partial charge in [-0.15, -0.1) is 0 Å². The zero-order valence-corrected chi connectivity index (χ0v) is 17.6. The fourth-order valence-electron chi connectivity index (χ4n) is 3.60. The van der Waals surface area contributed by atoms with Crippen LogP contribution in [-0.2, 0) is 7.05 Å². The van der Waals surface area contributed by atoms with Gasteiger partial charge in [0.05, 0.1) is 17.5 Å². The molecular weight excluding hydrogens is 382 g/mol. The Balaban J connectivity index is 0.00000104. The van der Waals surface area contributed by atoms with Crippen molar-refractivity contribution in [1.82, 2.24) is 15.6 Å². The van der Waals surface area contributed by atoms with Crippen LogP contribution in [0.5, 0.6) is 0 Å². The number of aryl methyl sites for hydroxylation is 1. The molecule has 158 valence electrons. The van der Waals surface area contributed by atoms with E-state index in [1.54, 1.807) is 24.1 Å². The summed E-state index contributed by atoms with van der Waals surface area (Å²) in [6.45, 7) is 6.07. The molecule has 1 aliphatic heterocycles. The second-order valence-electron chi connectivity index (χ2n) is 6.47. The number of amides is 1. The first-order valence-corrected chi connectivity index (χ1v) is 9.71. The van der Waals surface area contributed by atoms with Gasteiger partial charge in [-0.25, -0.2) is 0 Å². The molecule has 1 amide bonds. The van der Waals surface area contributed by atoms with Crippen LogP contribution in [0.4, 0.5) is 5.69 Å². The molecule has 0 radical (unpaired) electrons. The second-order valence-corrected chi connectivity index (χ2v) is 6.47. The Bertz CT molecular complexity index is 1100. The molecule has 4 rings (SSSR count). The van der Waals surface area contributed by atoms with Crippen molar-refractivity contribution in [3.8, 4) is 6.07 Å². The highest BCUT2D eigenvalue weighted by Crippen LogP contribution is 2.29. The van der Waals surface area contributed by atoms with Gasteiger partial charge in [-0.2, -0.15) is 5.26 Å². The maximum Gasteiger partial charge on any atom is 0.289 e. The molecule has 0 atom stereocenters. The van der Waals surface area contributed by atoms with Crippen LogP contribution in [0.15, 0.2) is 51.9 Å². The Morgan fingerprint density at radius 1 is 1.07 bits per heavy atom. The SMILES string of the molecule is CC.Cn1c(=O)c(C#N)c(N2CCN(C(=O)c3ccco3)CC2)c2ccccc21.N. The van der Waals surface area contributed by atoms with E-state index in [1.807, 2.05) is 43.0 Å². The van der Waals surface area contributed by atoms with Gasteiger partial charge in [0.15, 0.2) is 5.76 Å². The summed E-state index contributed by atoms with van der Waals surface area (Å²) in [5.41, 5.74) is 1.27. The normalized spacial score (nSPS) is 13.1. The molecule has 30 heavy (non-hydrogen) atoms. The zero-order valence-electron chi connectivity index (χ0n) is 17.6. The predicted octanol–water partition coefficient (Wildman–Crippen LogP) is 3.15. The van der Waals surface area contributed by atoms with Crippen LogP contribution in [0.2, 0.25) is 0 Å². The molecule has 8 nitrogen and oxygen atoms in total. The Morgan fingerprint density at radius 2 is 1.73 bits per heavy atom. The number of hydrogen-bond acceptors (Lipinski definition) is 6. The maximum atomic E-state index is 12.6. The molecule has 1 aromatic carbocycles. The summed E-state index contributed by atoms with van der Waals surface area (Å²) >= 11 is 0. The first-order chi connectivity index (χ1) is 14.1. The number of aromatic nitrogens is 1. The fourth-order valence-corrected chi connectivity index (χ4v) is 3.60. The minimum atomic E-state index is -0.305. The van der Waals surface area contributed by atoms with E-state index < -0.39 is 0 Å². The number of nitrogens with zero attached hydrogens (tertiary/aromatic N) is 4. The van der Waals surface area contributed by atoms with Crippen molar-refractivity contribution in [2.45, 2.75) is 13.8 Å². The molecule has 0 saturated carbocycles. The molecule has 3 aromatic rings. The fraction of sp³-hybridized carbons (Fsp3) is 0.318. The van der Waals surface area contributed by atoms with Gasteiger partial charge in [0, 0.05) is 38.6 Å². The van der Waals surface area contributed by atoms with Crippen LogP contribution in [0.25, 0.3) is 10.9 Å². The number of nitriles is 1. The summed E-state index contributed by atoms with van der Waals surface area (Å²) in [6, 6.07) is 13.0. The average molecular weight is 409 g/mol. The lowest BCUT2D eigenvalue weighted by Gasteiger charge is -2.36. The van der Waals surface area contributed by atoms with E-state index in [0.717, 1.165) is 10.9 Å². The molecule has 0 unspecified atom stereocenters. The van der Waals surface area contributed by atoms with E-state index in [9.17, 15) is 14.9 Å². The van der Waals surface area contributed by atoms with Crippen molar-refractivity contribution >= 4 is 22.5 Å². The van der Waals surface area contributed by atoms with Crippen molar-refractivity contribution in [1.29, 1.82) is 5.26 Å². The Labute approximate surface area is 175 Å². The number of rotatable bonds is 2. The van der Waals surface area contributed by atoms with Gasteiger partial charge in [0.25, 0.3) is 11.5 Å². The highest BCUT2D eigenvalue weighted by atomic mass is 16.3. The number of anilines is 1. The Kier molecular flexibility index (Phi) is 7.39. The van der Waals surface area contributed by atoms with E-state index in [4.69, 9.17) is 4.42 Å². The number of para-hydroxylation sites is 1. The number of hydrogen-bond donors (Lipinski definition) is 1. The van der Waals surface area contributed by atoms with E-state index in [1.165, 1.54) is 10.8 Å². The third-order valence-corrected chi connectivity index (χ3v) is 5.00. The number of furan rings is 1. The Hall–Kier alpha value is -3.57. The van der Waals surface area contributed by atoms with Crippen molar-refractivity contribution in [2.75, 3.05) is 31.1 Å². The quantitative estimate of drug-likeness (QED) is 0.695. The maximum absolute atomic E-state index is 12.6.